The number of imidazole rings is 1. The summed E-state index contributed by atoms with van der Waals surface area (Å²) in [6, 6.07) is 14.3. The van der Waals surface area contributed by atoms with Crippen molar-refractivity contribution in [3.63, 3.8) is 0 Å². The van der Waals surface area contributed by atoms with E-state index < -0.39 is 17.2 Å². The Hall–Kier alpha value is -3.26. The molecule has 3 aromatic carbocycles. The molecule has 0 radical (unpaired) electrons. The predicted octanol–water partition coefficient (Wildman–Crippen LogP) is 6.48. The zero-order chi connectivity index (χ0) is 23.3. The van der Waals surface area contributed by atoms with Gasteiger partial charge >= 0.3 is 0 Å². The monoisotopic (exact) mass is 502 g/mol. The zero-order valence-corrected chi connectivity index (χ0v) is 18.7. The van der Waals surface area contributed by atoms with Gasteiger partial charge in [0.05, 0.1) is 16.4 Å². The summed E-state index contributed by atoms with van der Waals surface area (Å²) in [6.07, 6.45) is 1.22. The van der Waals surface area contributed by atoms with Gasteiger partial charge in [0.15, 0.2) is 17.0 Å². The summed E-state index contributed by atoms with van der Waals surface area (Å²) in [5, 5.41) is 1.13. The van der Waals surface area contributed by atoms with E-state index in [-0.39, 0.29) is 27.7 Å². The Labute approximate surface area is 200 Å². The number of fused-ring (bicyclic) bond motifs is 1. The van der Waals surface area contributed by atoms with Crippen molar-refractivity contribution in [3.8, 4) is 22.8 Å². The lowest BCUT2D eigenvalue weighted by Crippen LogP contribution is -2.22. The second kappa shape index (κ2) is 8.26. The second-order valence-corrected chi connectivity index (χ2v) is 8.34. The van der Waals surface area contributed by atoms with Crippen LogP contribution < -0.4 is 5.56 Å². The van der Waals surface area contributed by atoms with Gasteiger partial charge in [0, 0.05) is 21.7 Å². The van der Waals surface area contributed by atoms with Crippen molar-refractivity contribution >= 4 is 46.0 Å². The molecular weight excluding hydrogens is 493 g/mol. The molecule has 0 aliphatic heterocycles. The van der Waals surface area contributed by atoms with E-state index in [2.05, 4.69) is 9.97 Å². The van der Waals surface area contributed by atoms with Gasteiger partial charge < -0.3 is 0 Å². The summed E-state index contributed by atoms with van der Waals surface area (Å²) in [5.74, 6) is -1.19. The molecule has 2 aromatic heterocycles. The highest BCUT2D eigenvalue weighted by molar-refractivity contribution is 6.36. The maximum Gasteiger partial charge on any atom is 0.286 e. The topological polar surface area (TPSA) is 52.7 Å². The molecule has 2 heterocycles. The minimum Gasteiger partial charge on any atom is -0.280 e. The van der Waals surface area contributed by atoms with Crippen molar-refractivity contribution in [1.82, 2.24) is 19.1 Å². The van der Waals surface area contributed by atoms with Crippen LogP contribution in [0.1, 0.15) is 0 Å². The standard InChI is InChI=1S/C23H11Cl3F2N4O/c24-12-1-5-15(6-2-12)32-21(16-7-3-13(25)9-17(16)26)30-22-20(23(32)33)29-11-31(22)19-10-14(27)4-8-18(19)28/h1-11H. The number of hydrogen-bond acceptors (Lipinski definition) is 3. The number of aromatic nitrogens is 4. The fourth-order valence-electron chi connectivity index (χ4n) is 3.48. The minimum absolute atomic E-state index is 0.0377. The van der Waals surface area contributed by atoms with Crippen molar-refractivity contribution in [1.29, 1.82) is 0 Å². The molecule has 164 valence electrons. The summed E-state index contributed by atoms with van der Waals surface area (Å²) in [5.41, 5.74) is 0.202. The summed E-state index contributed by atoms with van der Waals surface area (Å²) < 4.78 is 30.9. The van der Waals surface area contributed by atoms with Crippen molar-refractivity contribution in [2.75, 3.05) is 0 Å². The minimum atomic E-state index is -0.703. The Morgan fingerprint density at radius 3 is 2.30 bits per heavy atom. The zero-order valence-electron chi connectivity index (χ0n) is 16.4. The lowest BCUT2D eigenvalue weighted by Gasteiger charge is -2.14. The van der Waals surface area contributed by atoms with Crippen molar-refractivity contribution in [2.45, 2.75) is 0 Å². The van der Waals surface area contributed by atoms with Crippen LogP contribution in [0.15, 0.2) is 71.8 Å². The van der Waals surface area contributed by atoms with Crippen molar-refractivity contribution in [3.05, 3.63) is 104 Å². The Kier molecular flexibility index (Phi) is 5.40. The third-order valence-corrected chi connectivity index (χ3v) is 5.80. The van der Waals surface area contributed by atoms with Crippen LogP contribution >= 0.6 is 34.8 Å². The fraction of sp³-hybridized carbons (Fsp3) is 0. The normalized spacial score (nSPS) is 11.3. The van der Waals surface area contributed by atoms with Crippen LogP contribution in [0.2, 0.25) is 15.1 Å². The molecule has 33 heavy (non-hydrogen) atoms. The average Bonchev–Trinajstić information content (AvgIpc) is 3.20. The number of rotatable bonds is 3. The molecule has 0 saturated heterocycles. The van der Waals surface area contributed by atoms with E-state index in [0.29, 0.717) is 21.3 Å². The lowest BCUT2D eigenvalue weighted by molar-refractivity contribution is 0.593. The highest BCUT2D eigenvalue weighted by atomic mass is 35.5. The van der Waals surface area contributed by atoms with Gasteiger partial charge in [0.1, 0.15) is 18.0 Å². The number of hydrogen-bond donors (Lipinski definition) is 0. The van der Waals surface area contributed by atoms with Gasteiger partial charge in [-0.05, 0) is 54.6 Å². The quantitative estimate of drug-likeness (QED) is 0.283. The number of benzene rings is 3. The number of nitrogens with zero attached hydrogens (tertiary/aromatic N) is 4. The maximum absolute atomic E-state index is 14.5. The molecule has 0 bridgehead atoms. The van der Waals surface area contributed by atoms with E-state index in [1.54, 1.807) is 36.4 Å². The molecule has 10 heteroatoms. The molecule has 0 spiro atoms. The summed E-state index contributed by atoms with van der Waals surface area (Å²) >= 11 is 18.5. The fourth-order valence-corrected chi connectivity index (χ4v) is 4.10. The van der Waals surface area contributed by atoms with Crippen molar-refractivity contribution < 1.29 is 8.78 Å². The molecule has 0 atom stereocenters. The maximum atomic E-state index is 14.5. The van der Waals surface area contributed by atoms with E-state index >= 15 is 0 Å². The Morgan fingerprint density at radius 2 is 1.58 bits per heavy atom. The Bertz CT molecular complexity index is 1600. The predicted molar refractivity (Wildman–Crippen MR) is 125 cm³/mol. The molecule has 5 nitrogen and oxygen atoms in total. The van der Waals surface area contributed by atoms with Gasteiger partial charge in [-0.3, -0.25) is 13.9 Å². The number of halogens is 5. The third kappa shape index (κ3) is 3.78. The summed E-state index contributed by atoms with van der Waals surface area (Å²) in [7, 11) is 0. The van der Waals surface area contributed by atoms with Gasteiger partial charge in [-0.15, -0.1) is 0 Å². The lowest BCUT2D eigenvalue weighted by atomic mass is 10.2. The van der Waals surface area contributed by atoms with Crippen LogP contribution in [-0.2, 0) is 0 Å². The Balaban J connectivity index is 1.88. The van der Waals surface area contributed by atoms with Gasteiger partial charge in [0.2, 0.25) is 0 Å². The van der Waals surface area contributed by atoms with Gasteiger partial charge in [-0.2, -0.15) is 0 Å². The summed E-state index contributed by atoms with van der Waals surface area (Å²) in [4.78, 5) is 22.3. The first-order valence-electron chi connectivity index (χ1n) is 9.50. The van der Waals surface area contributed by atoms with Crippen LogP contribution in [0.4, 0.5) is 8.78 Å². The highest BCUT2D eigenvalue weighted by Gasteiger charge is 2.21. The molecule has 5 rings (SSSR count). The molecule has 0 fully saturated rings. The first kappa shape index (κ1) is 21.6. The largest absolute Gasteiger partial charge is 0.286 e. The average molecular weight is 504 g/mol. The van der Waals surface area contributed by atoms with Crippen LogP contribution in [0.3, 0.4) is 0 Å². The van der Waals surface area contributed by atoms with Crippen LogP contribution in [0.5, 0.6) is 0 Å². The second-order valence-electron chi connectivity index (χ2n) is 7.06. The van der Waals surface area contributed by atoms with Crippen LogP contribution in [0.25, 0.3) is 33.9 Å². The van der Waals surface area contributed by atoms with Crippen LogP contribution in [0, 0.1) is 11.6 Å². The molecule has 0 amide bonds. The molecular formula is C23H11Cl3F2N4O. The van der Waals surface area contributed by atoms with E-state index in [0.717, 1.165) is 18.2 Å². The molecule has 0 unspecified atom stereocenters. The molecule has 0 N–H and O–H groups in total. The molecule has 5 aromatic rings. The van der Waals surface area contributed by atoms with E-state index in [1.807, 2.05) is 0 Å². The summed E-state index contributed by atoms with van der Waals surface area (Å²) in [6.45, 7) is 0. The molecule has 0 aliphatic carbocycles. The van der Waals surface area contributed by atoms with Crippen LogP contribution in [-0.4, -0.2) is 19.1 Å². The van der Waals surface area contributed by atoms with E-state index in [1.165, 1.54) is 21.5 Å². The molecule has 0 saturated carbocycles. The Morgan fingerprint density at radius 1 is 0.848 bits per heavy atom. The van der Waals surface area contributed by atoms with E-state index in [4.69, 9.17) is 34.8 Å². The SMILES string of the molecule is O=c1c2ncn(-c3cc(F)ccc3F)c2nc(-c2ccc(Cl)cc2Cl)n1-c1ccc(Cl)cc1. The first-order valence-corrected chi connectivity index (χ1v) is 10.6. The first-order chi connectivity index (χ1) is 15.8. The van der Waals surface area contributed by atoms with Gasteiger partial charge in [-0.1, -0.05) is 34.8 Å². The van der Waals surface area contributed by atoms with Crippen molar-refractivity contribution in [2.24, 2.45) is 0 Å². The van der Waals surface area contributed by atoms with E-state index in [9.17, 15) is 13.6 Å². The highest BCUT2D eigenvalue weighted by Crippen LogP contribution is 2.31. The third-order valence-electron chi connectivity index (χ3n) is 5.00. The smallest absolute Gasteiger partial charge is 0.280 e. The molecule has 0 aliphatic rings. The van der Waals surface area contributed by atoms with Gasteiger partial charge in [-0.25, -0.2) is 18.7 Å². The van der Waals surface area contributed by atoms with Gasteiger partial charge in [0.25, 0.3) is 5.56 Å².